The summed E-state index contributed by atoms with van der Waals surface area (Å²) in [5.74, 6) is -0.282. The van der Waals surface area contributed by atoms with Crippen molar-refractivity contribution in [1.82, 2.24) is 14.7 Å². The van der Waals surface area contributed by atoms with E-state index in [1.165, 1.54) is 17.5 Å². The molecule has 0 spiro atoms. The number of nitrogens with two attached hydrogens (primary N) is 1. The number of halogens is 1. The van der Waals surface area contributed by atoms with Gasteiger partial charge in [0.05, 0.1) is 0 Å². The zero-order valence-corrected chi connectivity index (χ0v) is 20.1. The largest absolute Gasteiger partial charge is 0.399 e. The molecule has 1 amide bonds. The third kappa shape index (κ3) is 5.13. The van der Waals surface area contributed by atoms with Crippen LogP contribution in [0.15, 0.2) is 48.5 Å². The molecule has 2 saturated heterocycles. The van der Waals surface area contributed by atoms with Crippen molar-refractivity contribution in [3.63, 3.8) is 0 Å². The van der Waals surface area contributed by atoms with Gasteiger partial charge in [0.25, 0.3) is 5.91 Å². The molecular formula is C28H37FN4O. The van der Waals surface area contributed by atoms with Gasteiger partial charge in [-0.05, 0) is 61.1 Å². The number of nitrogen functional groups attached to an aromatic ring is 1. The van der Waals surface area contributed by atoms with Crippen molar-refractivity contribution in [2.45, 2.75) is 63.3 Å². The molecule has 5 rings (SSSR count). The fourth-order valence-electron chi connectivity index (χ4n) is 5.98. The monoisotopic (exact) mass is 464 g/mol. The summed E-state index contributed by atoms with van der Waals surface area (Å²) in [4.78, 5) is 19.8. The molecule has 34 heavy (non-hydrogen) atoms. The van der Waals surface area contributed by atoms with Gasteiger partial charge in [-0.25, -0.2) is 4.39 Å². The molecule has 0 bridgehead atoms. The molecule has 0 unspecified atom stereocenters. The van der Waals surface area contributed by atoms with E-state index in [4.69, 9.17) is 5.73 Å². The average Bonchev–Trinajstić information content (AvgIpc) is 3.08. The number of fused-ring (bicyclic) bond motifs is 1. The third-order valence-corrected chi connectivity index (χ3v) is 8.04. The number of hydrogen-bond acceptors (Lipinski definition) is 4. The molecular weight excluding hydrogens is 427 g/mol. The van der Waals surface area contributed by atoms with Crippen molar-refractivity contribution in [3.8, 4) is 0 Å². The van der Waals surface area contributed by atoms with Crippen LogP contribution in [0.3, 0.4) is 0 Å². The Balaban J connectivity index is 1.12. The maximum atomic E-state index is 15.7. The van der Waals surface area contributed by atoms with Gasteiger partial charge < -0.3 is 10.6 Å². The number of alkyl halides is 1. The molecule has 6 heteroatoms. The zero-order chi connectivity index (χ0) is 23.5. The van der Waals surface area contributed by atoms with Gasteiger partial charge in [0.2, 0.25) is 0 Å². The lowest BCUT2D eigenvalue weighted by Crippen LogP contribution is -2.55. The predicted molar refractivity (Wildman–Crippen MR) is 134 cm³/mol. The van der Waals surface area contributed by atoms with Crippen LogP contribution in [0.2, 0.25) is 0 Å². The summed E-state index contributed by atoms with van der Waals surface area (Å²) in [6.07, 6.45) is 4.74. The third-order valence-electron chi connectivity index (χ3n) is 8.04. The van der Waals surface area contributed by atoms with Crippen molar-refractivity contribution in [2.24, 2.45) is 0 Å². The average molecular weight is 465 g/mol. The van der Waals surface area contributed by atoms with Crippen molar-refractivity contribution in [3.05, 3.63) is 65.2 Å². The Kier molecular flexibility index (Phi) is 6.89. The van der Waals surface area contributed by atoms with Gasteiger partial charge in [0, 0.05) is 63.8 Å². The molecule has 3 heterocycles. The highest BCUT2D eigenvalue weighted by Gasteiger charge is 2.45. The lowest BCUT2D eigenvalue weighted by Gasteiger charge is -2.42. The van der Waals surface area contributed by atoms with E-state index in [2.05, 4.69) is 34.1 Å². The Morgan fingerprint density at radius 1 is 0.971 bits per heavy atom. The van der Waals surface area contributed by atoms with Crippen LogP contribution < -0.4 is 5.73 Å². The molecule has 5 nitrogen and oxygen atoms in total. The molecule has 182 valence electrons. The zero-order valence-electron chi connectivity index (χ0n) is 20.1. The molecule has 0 saturated carbocycles. The fraction of sp³-hybridized carbons (Fsp3) is 0.536. The molecule has 2 fully saturated rings. The Hall–Kier alpha value is -2.44. The second-order valence-corrected chi connectivity index (χ2v) is 10.4. The highest BCUT2D eigenvalue weighted by atomic mass is 19.1. The first-order valence-corrected chi connectivity index (χ1v) is 12.9. The normalized spacial score (nSPS) is 22.2. The number of aryl methyl sites for hydroxylation is 1. The second-order valence-electron chi connectivity index (χ2n) is 10.4. The van der Waals surface area contributed by atoms with E-state index < -0.39 is 5.67 Å². The van der Waals surface area contributed by atoms with Crippen molar-refractivity contribution < 1.29 is 9.18 Å². The number of piperidine rings is 2. The Labute approximate surface area is 202 Å². The summed E-state index contributed by atoms with van der Waals surface area (Å²) < 4.78 is 15.7. The first kappa shape index (κ1) is 23.3. The molecule has 3 aliphatic rings. The molecule has 2 N–H and O–H groups in total. The number of anilines is 1. The van der Waals surface area contributed by atoms with E-state index in [-0.39, 0.29) is 18.7 Å². The minimum atomic E-state index is -1.72. The van der Waals surface area contributed by atoms with Crippen LogP contribution in [0.5, 0.6) is 0 Å². The quantitative estimate of drug-likeness (QED) is 0.695. The number of carbonyl (C=O) groups is 1. The van der Waals surface area contributed by atoms with Crippen molar-refractivity contribution >= 4 is 11.6 Å². The van der Waals surface area contributed by atoms with Crippen LogP contribution in [0.4, 0.5) is 10.1 Å². The van der Waals surface area contributed by atoms with Gasteiger partial charge in [0.15, 0.2) is 5.67 Å². The first-order valence-electron chi connectivity index (χ1n) is 12.9. The number of amides is 1. The SMILES string of the molecule is Nc1cccc(CN2CCC(F)(C(=O)N3CCC(N4CCCc5ccccc5C4)CC3)CC2)c1. The van der Waals surface area contributed by atoms with Gasteiger partial charge in [-0.3, -0.25) is 14.6 Å². The number of rotatable bonds is 4. The summed E-state index contributed by atoms with van der Waals surface area (Å²) in [6, 6.07) is 17.1. The summed E-state index contributed by atoms with van der Waals surface area (Å²) >= 11 is 0. The van der Waals surface area contributed by atoms with Crippen LogP contribution >= 0.6 is 0 Å². The van der Waals surface area contributed by atoms with Gasteiger partial charge >= 0.3 is 0 Å². The molecule has 2 aromatic carbocycles. The number of hydrogen-bond donors (Lipinski definition) is 1. The van der Waals surface area contributed by atoms with Crippen LogP contribution in [-0.4, -0.2) is 65.0 Å². The maximum Gasteiger partial charge on any atom is 0.260 e. The van der Waals surface area contributed by atoms with Crippen LogP contribution in [0, 0.1) is 0 Å². The number of nitrogens with zero attached hydrogens (tertiary/aromatic N) is 3. The standard InChI is InChI=1S/C28H37FN4O/c29-28(12-17-31(18-13-28)20-22-5-3-9-25(30)19-22)27(34)32-15-10-26(11-16-32)33-14-4-8-23-6-1-2-7-24(23)21-33/h1-3,5-7,9,19,26H,4,8,10-18,20-21,30H2. The maximum absolute atomic E-state index is 15.7. The summed E-state index contributed by atoms with van der Waals surface area (Å²) in [7, 11) is 0. The van der Waals surface area contributed by atoms with Crippen molar-refractivity contribution in [1.29, 1.82) is 0 Å². The number of carbonyl (C=O) groups excluding carboxylic acids is 1. The molecule has 2 aromatic rings. The smallest absolute Gasteiger partial charge is 0.260 e. The fourth-order valence-corrected chi connectivity index (χ4v) is 5.98. The van der Waals surface area contributed by atoms with Gasteiger partial charge in [-0.15, -0.1) is 0 Å². The lowest BCUT2D eigenvalue weighted by atomic mass is 9.90. The molecule has 3 aliphatic heterocycles. The van der Waals surface area contributed by atoms with E-state index in [9.17, 15) is 4.79 Å². The topological polar surface area (TPSA) is 52.8 Å². The van der Waals surface area contributed by atoms with Crippen LogP contribution in [0.1, 0.15) is 48.8 Å². The Bertz CT molecular complexity index is 995. The summed E-state index contributed by atoms with van der Waals surface area (Å²) in [5, 5.41) is 0. The molecule has 0 aromatic heterocycles. The summed E-state index contributed by atoms with van der Waals surface area (Å²) in [5.41, 5.74) is 8.95. The van der Waals surface area contributed by atoms with Crippen LogP contribution in [0.25, 0.3) is 0 Å². The number of benzene rings is 2. The van der Waals surface area contributed by atoms with Gasteiger partial charge in [-0.1, -0.05) is 36.4 Å². The minimum Gasteiger partial charge on any atom is -0.399 e. The van der Waals surface area contributed by atoms with E-state index in [0.717, 1.165) is 50.1 Å². The van der Waals surface area contributed by atoms with E-state index in [1.807, 2.05) is 24.3 Å². The highest BCUT2D eigenvalue weighted by Crippen LogP contribution is 2.32. The van der Waals surface area contributed by atoms with Crippen molar-refractivity contribution in [2.75, 3.05) is 38.5 Å². The van der Waals surface area contributed by atoms with Gasteiger partial charge in [0.1, 0.15) is 0 Å². The Morgan fingerprint density at radius 3 is 2.44 bits per heavy atom. The van der Waals surface area contributed by atoms with Crippen LogP contribution in [-0.2, 0) is 24.3 Å². The number of likely N-dealkylation sites (tertiary alicyclic amines) is 2. The first-order chi connectivity index (χ1) is 16.5. The van der Waals surface area contributed by atoms with Gasteiger partial charge in [-0.2, -0.15) is 0 Å². The lowest BCUT2D eigenvalue weighted by molar-refractivity contribution is -0.149. The highest BCUT2D eigenvalue weighted by molar-refractivity contribution is 5.85. The Morgan fingerprint density at radius 2 is 1.71 bits per heavy atom. The second kappa shape index (κ2) is 10.0. The predicted octanol–water partition coefficient (Wildman–Crippen LogP) is 4.01. The molecule has 0 aliphatic carbocycles. The summed E-state index contributed by atoms with van der Waals surface area (Å²) in [6.45, 7) is 5.37. The van der Waals surface area contributed by atoms with E-state index in [1.54, 1.807) is 4.90 Å². The molecule has 0 atom stereocenters. The molecule has 0 radical (unpaired) electrons. The van der Waals surface area contributed by atoms with E-state index >= 15 is 4.39 Å². The van der Waals surface area contributed by atoms with E-state index in [0.29, 0.717) is 32.2 Å². The minimum absolute atomic E-state index is 0.275.